The molecule has 3 fully saturated rings. The van der Waals surface area contributed by atoms with Crippen LogP contribution in [0.3, 0.4) is 0 Å². The maximum Gasteiger partial charge on any atom is 0.325 e. The summed E-state index contributed by atoms with van der Waals surface area (Å²) >= 11 is 0. The molecule has 2 aliphatic heterocycles. The van der Waals surface area contributed by atoms with Crippen LogP contribution in [0.5, 0.6) is 0 Å². The predicted octanol–water partition coefficient (Wildman–Crippen LogP) is 2.99. The number of urea groups is 1. The molecule has 1 saturated carbocycles. The predicted molar refractivity (Wildman–Crippen MR) is 101 cm³/mol. The second-order valence-electron chi connectivity index (χ2n) is 7.94. The fourth-order valence-electron chi connectivity index (χ4n) is 4.82. The topological polar surface area (TPSA) is 69.7 Å². The molecule has 6 nitrogen and oxygen atoms in total. The molecule has 1 unspecified atom stereocenters. The highest BCUT2D eigenvalue weighted by Crippen LogP contribution is 2.35. The summed E-state index contributed by atoms with van der Waals surface area (Å²) in [4.78, 5) is 40.9. The summed E-state index contributed by atoms with van der Waals surface area (Å²) in [5.74, 6) is 0.0183. The molecule has 27 heavy (non-hydrogen) atoms. The van der Waals surface area contributed by atoms with Crippen LogP contribution in [0, 0.1) is 0 Å². The third-order valence-corrected chi connectivity index (χ3v) is 6.23. The van der Waals surface area contributed by atoms with Crippen LogP contribution in [0.2, 0.25) is 0 Å². The normalized spacial score (nSPS) is 24.1. The lowest BCUT2D eigenvalue weighted by Crippen LogP contribution is -2.44. The van der Waals surface area contributed by atoms with Crippen LogP contribution in [-0.2, 0) is 9.59 Å². The standard InChI is InChI=1S/C21H27N3O3/c25-18(23-14-6-10-17(23)16-8-2-1-3-9-16)11-7-15-24-19(26)21(22-20(24)27)12-4-5-13-21/h1-3,8-9,17H,4-7,10-15H2,(H,22,27). The van der Waals surface area contributed by atoms with Crippen molar-refractivity contribution in [2.45, 2.75) is 62.9 Å². The van der Waals surface area contributed by atoms with Crippen LogP contribution in [0.4, 0.5) is 4.79 Å². The van der Waals surface area contributed by atoms with Gasteiger partial charge < -0.3 is 10.2 Å². The number of rotatable bonds is 5. The molecule has 6 heteroatoms. The van der Waals surface area contributed by atoms with Crippen LogP contribution in [0.15, 0.2) is 30.3 Å². The summed E-state index contributed by atoms with van der Waals surface area (Å²) < 4.78 is 0. The van der Waals surface area contributed by atoms with Crippen molar-refractivity contribution >= 4 is 17.8 Å². The number of carbonyl (C=O) groups is 3. The average Bonchev–Trinajstić information content (AvgIpc) is 3.39. The molecule has 144 valence electrons. The van der Waals surface area contributed by atoms with Gasteiger partial charge in [0.1, 0.15) is 5.54 Å². The highest BCUT2D eigenvalue weighted by molar-refractivity contribution is 6.07. The van der Waals surface area contributed by atoms with E-state index in [9.17, 15) is 14.4 Å². The summed E-state index contributed by atoms with van der Waals surface area (Å²) in [5.41, 5.74) is 0.523. The van der Waals surface area contributed by atoms with Crippen LogP contribution in [0.1, 0.15) is 63.0 Å². The zero-order valence-electron chi connectivity index (χ0n) is 15.7. The van der Waals surface area contributed by atoms with Gasteiger partial charge in [-0.2, -0.15) is 0 Å². The molecule has 4 amide bonds. The zero-order valence-corrected chi connectivity index (χ0v) is 15.7. The van der Waals surface area contributed by atoms with E-state index in [4.69, 9.17) is 0 Å². The minimum Gasteiger partial charge on any atom is -0.336 e. The van der Waals surface area contributed by atoms with Gasteiger partial charge in [0.2, 0.25) is 5.91 Å². The lowest BCUT2D eigenvalue weighted by molar-refractivity contribution is -0.134. The van der Waals surface area contributed by atoms with Gasteiger partial charge in [0.15, 0.2) is 0 Å². The smallest absolute Gasteiger partial charge is 0.325 e. The van der Waals surface area contributed by atoms with Crippen molar-refractivity contribution in [1.29, 1.82) is 0 Å². The van der Waals surface area contributed by atoms with Crippen molar-refractivity contribution in [2.75, 3.05) is 13.1 Å². The van der Waals surface area contributed by atoms with E-state index in [1.54, 1.807) is 0 Å². The first-order chi connectivity index (χ1) is 13.1. The second-order valence-corrected chi connectivity index (χ2v) is 7.94. The first-order valence-corrected chi connectivity index (χ1v) is 10.1. The average molecular weight is 369 g/mol. The Morgan fingerprint density at radius 1 is 1.11 bits per heavy atom. The Labute approximate surface area is 159 Å². The second kappa shape index (κ2) is 7.33. The number of nitrogens with zero attached hydrogens (tertiary/aromatic N) is 2. The Kier molecular flexibility index (Phi) is 4.89. The van der Waals surface area contributed by atoms with Crippen molar-refractivity contribution in [2.24, 2.45) is 0 Å². The van der Waals surface area contributed by atoms with Crippen molar-refractivity contribution in [3.63, 3.8) is 0 Å². The molecule has 1 spiro atoms. The van der Waals surface area contributed by atoms with E-state index in [1.807, 2.05) is 23.1 Å². The molecule has 1 aromatic rings. The summed E-state index contributed by atoms with van der Waals surface area (Å²) in [6.07, 6.45) is 6.33. The summed E-state index contributed by atoms with van der Waals surface area (Å²) in [6, 6.07) is 10.0. The van der Waals surface area contributed by atoms with E-state index in [-0.39, 0.29) is 23.9 Å². The number of carbonyl (C=O) groups excluding carboxylic acids is 3. The molecule has 3 aliphatic rings. The number of benzene rings is 1. The van der Waals surface area contributed by atoms with Gasteiger partial charge in [-0.3, -0.25) is 14.5 Å². The fraction of sp³-hybridized carbons (Fsp3) is 0.571. The van der Waals surface area contributed by atoms with Gasteiger partial charge in [-0.25, -0.2) is 4.79 Å². The number of hydrogen-bond acceptors (Lipinski definition) is 3. The highest BCUT2D eigenvalue weighted by Gasteiger charge is 2.52. The first kappa shape index (κ1) is 18.0. The Morgan fingerprint density at radius 3 is 2.59 bits per heavy atom. The van der Waals surface area contributed by atoms with Crippen molar-refractivity contribution in [3.05, 3.63) is 35.9 Å². The van der Waals surface area contributed by atoms with Crippen LogP contribution in [-0.4, -0.2) is 46.3 Å². The Morgan fingerprint density at radius 2 is 1.85 bits per heavy atom. The van der Waals surface area contributed by atoms with E-state index in [0.717, 1.165) is 45.1 Å². The van der Waals surface area contributed by atoms with Gasteiger partial charge in [0.05, 0.1) is 6.04 Å². The SMILES string of the molecule is O=C1NC2(CCCC2)C(=O)N1CCCC(=O)N1CCCC1c1ccccc1. The Bertz CT molecular complexity index is 727. The van der Waals surface area contributed by atoms with E-state index in [2.05, 4.69) is 17.4 Å². The molecule has 1 aromatic carbocycles. The maximum absolute atomic E-state index is 12.7. The molecule has 0 bridgehead atoms. The maximum atomic E-state index is 12.7. The number of imide groups is 1. The van der Waals surface area contributed by atoms with Gasteiger partial charge in [0.25, 0.3) is 5.91 Å². The minimum absolute atomic E-state index is 0.0965. The van der Waals surface area contributed by atoms with Gasteiger partial charge in [-0.05, 0) is 37.7 Å². The molecule has 1 N–H and O–H groups in total. The summed E-state index contributed by atoms with van der Waals surface area (Å²) in [5, 5.41) is 2.89. The molecule has 1 aliphatic carbocycles. The van der Waals surface area contributed by atoms with Gasteiger partial charge in [0, 0.05) is 19.5 Å². The molecular weight excluding hydrogens is 342 g/mol. The fourth-order valence-corrected chi connectivity index (χ4v) is 4.82. The Balaban J connectivity index is 1.32. The van der Waals surface area contributed by atoms with Crippen LogP contribution >= 0.6 is 0 Å². The molecule has 4 rings (SSSR count). The quantitative estimate of drug-likeness (QED) is 0.811. The molecule has 2 heterocycles. The molecule has 1 atom stereocenters. The monoisotopic (exact) mass is 369 g/mol. The van der Waals surface area contributed by atoms with Crippen LogP contribution in [0.25, 0.3) is 0 Å². The molecule has 0 radical (unpaired) electrons. The lowest BCUT2D eigenvalue weighted by Gasteiger charge is -2.25. The van der Waals surface area contributed by atoms with Crippen LogP contribution < -0.4 is 5.32 Å². The molecule has 2 saturated heterocycles. The first-order valence-electron chi connectivity index (χ1n) is 10.1. The van der Waals surface area contributed by atoms with Crippen molar-refractivity contribution in [1.82, 2.24) is 15.1 Å². The molecule has 0 aromatic heterocycles. The third kappa shape index (κ3) is 3.33. The number of hydrogen-bond donors (Lipinski definition) is 1. The van der Waals surface area contributed by atoms with E-state index < -0.39 is 5.54 Å². The van der Waals surface area contributed by atoms with E-state index in [0.29, 0.717) is 19.4 Å². The molecular formula is C21H27N3O3. The van der Waals surface area contributed by atoms with Crippen molar-refractivity contribution in [3.8, 4) is 0 Å². The Hall–Kier alpha value is -2.37. The summed E-state index contributed by atoms with van der Waals surface area (Å²) in [6.45, 7) is 1.10. The van der Waals surface area contributed by atoms with Gasteiger partial charge in [-0.15, -0.1) is 0 Å². The lowest BCUT2D eigenvalue weighted by atomic mass is 9.98. The van der Waals surface area contributed by atoms with Gasteiger partial charge >= 0.3 is 6.03 Å². The van der Waals surface area contributed by atoms with E-state index in [1.165, 1.54) is 10.5 Å². The minimum atomic E-state index is -0.658. The largest absolute Gasteiger partial charge is 0.336 e. The number of amides is 4. The highest BCUT2D eigenvalue weighted by atomic mass is 16.2. The zero-order chi connectivity index (χ0) is 18.9. The summed E-state index contributed by atoms with van der Waals surface area (Å²) in [7, 11) is 0. The van der Waals surface area contributed by atoms with E-state index >= 15 is 0 Å². The number of likely N-dealkylation sites (tertiary alicyclic amines) is 1. The van der Waals surface area contributed by atoms with Crippen molar-refractivity contribution < 1.29 is 14.4 Å². The number of nitrogens with one attached hydrogen (secondary N) is 1. The van der Waals surface area contributed by atoms with Gasteiger partial charge in [-0.1, -0.05) is 43.2 Å². The third-order valence-electron chi connectivity index (χ3n) is 6.23.